The Hall–Kier alpha value is -2.49. The number of halogens is 2. The van der Waals surface area contributed by atoms with E-state index in [4.69, 9.17) is 27.9 Å². The molecule has 1 aromatic rings. The van der Waals surface area contributed by atoms with Crippen molar-refractivity contribution in [1.82, 2.24) is 25.3 Å². The maximum Gasteiger partial charge on any atom is 0.338 e. The highest BCUT2D eigenvalue weighted by Gasteiger charge is 2.39. The molecule has 192 valence electrons. The van der Waals surface area contributed by atoms with Crippen molar-refractivity contribution in [2.45, 2.75) is 45.8 Å². The van der Waals surface area contributed by atoms with Gasteiger partial charge in [-0.15, -0.1) is 0 Å². The van der Waals surface area contributed by atoms with Crippen LogP contribution in [0, 0.1) is 0 Å². The number of amides is 4. The first-order chi connectivity index (χ1) is 16.5. The number of esters is 1. The average Bonchev–Trinajstić information content (AvgIpc) is 2.78. The standard InChI is InChI=1S/C24H33Cl2N5O4/c1-6-35-22(32)19-18(13-30-10-11-31(15(4)12-30)24(34)27-14(2)3)29(5)23(33)28-21(19)16-8-7-9-17(25)20(16)26/h7-9,14-15,21H,6,10-13H2,1-5H3,(H,27,34)(H,28,33)/t15-,21+/m1/s1. The molecule has 2 atom stereocenters. The molecule has 2 N–H and O–H groups in total. The van der Waals surface area contributed by atoms with Gasteiger partial charge in [0.1, 0.15) is 0 Å². The Morgan fingerprint density at radius 2 is 1.97 bits per heavy atom. The lowest BCUT2D eigenvalue weighted by Crippen LogP contribution is -2.58. The van der Waals surface area contributed by atoms with Crippen LogP contribution in [-0.2, 0) is 9.53 Å². The Bertz CT molecular complexity index is 1020. The van der Waals surface area contributed by atoms with Gasteiger partial charge >= 0.3 is 18.0 Å². The Morgan fingerprint density at radius 3 is 2.60 bits per heavy atom. The van der Waals surface area contributed by atoms with E-state index >= 15 is 0 Å². The molecule has 1 aromatic carbocycles. The average molecular weight is 526 g/mol. The Morgan fingerprint density at radius 1 is 1.26 bits per heavy atom. The Kier molecular flexibility index (Phi) is 8.90. The van der Waals surface area contributed by atoms with Crippen LogP contribution in [0.5, 0.6) is 0 Å². The summed E-state index contributed by atoms with van der Waals surface area (Å²) in [6, 6.07) is 3.84. The summed E-state index contributed by atoms with van der Waals surface area (Å²) in [6.45, 7) is 9.79. The van der Waals surface area contributed by atoms with Crippen LogP contribution in [0.2, 0.25) is 10.0 Å². The first-order valence-electron chi connectivity index (χ1n) is 11.7. The molecule has 0 aromatic heterocycles. The fraction of sp³-hybridized carbons (Fsp3) is 0.542. The van der Waals surface area contributed by atoms with E-state index in [0.29, 0.717) is 48.0 Å². The second-order valence-corrected chi connectivity index (χ2v) is 9.83. The van der Waals surface area contributed by atoms with E-state index in [-0.39, 0.29) is 35.8 Å². The van der Waals surface area contributed by atoms with E-state index < -0.39 is 12.0 Å². The lowest BCUT2D eigenvalue weighted by atomic mass is 9.94. The number of benzene rings is 1. The molecule has 2 heterocycles. The van der Waals surface area contributed by atoms with Crippen LogP contribution in [-0.4, -0.2) is 84.6 Å². The summed E-state index contributed by atoms with van der Waals surface area (Å²) in [6.07, 6.45) is 0. The minimum Gasteiger partial charge on any atom is -0.463 e. The molecule has 9 nitrogen and oxygen atoms in total. The van der Waals surface area contributed by atoms with E-state index in [9.17, 15) is 14.4 Å². The highest BCUT2D eigenvalue weighted by Crippen LogP contribution is 2.37. The van der Waals surface area contributed by atoms with Crippen LogP contribution < -0.4 is 10.6 Å². The zero-order valence-corrected chi connectivity index (χ0v) is 22.2. The summed E-state index contributed by atoms with van der Waals surface area (Å²) in [5.74, 6) is -0.529. The van der Waals surface area contributed by atoms with E-state index in [1.54, 1.807) is 32.2 Å². The first-order valence-corrected chi connectivity index (χ1v) is 12.5. The molecule has 0 bridgehead atoms. The van der Waals surface area contributed by atoms with Crippen molar-refractivity contribution in [3.63, 3.8) is 0 Å². The highest BCUT2D eigenvalue weighted by atomic mass is 35.5. The molecule has 35 heavy (non-hydrogen) atoms. The monoisotopic (exact) mass is 525 g/mol. The maximum atomic E-state index is 13.2. The summed E-state index contributed by atoms with van der Waals surface area (Å²) >= 11 is 12.7. The summed E-state index contributed by atoms with van der Waals surface area (Å²) in [7, 11) is 1.62. The van der Waals surface area contributed by atoms with Crippen molar-refractivity contribution in [3.05, 3.63) is 45.1 Å². The fourth-order valence-corrected chi connectivity index (χ4v) is 4.81. The second kappa shape index (κ2) is 11.5. The molecular weight excluding hydrogens is 493 g/mol. The van der Waals surface area contributed by atoms with Crippen LogP contribution in [0.4, 0.5) is 9.59 Å². The molecule has 0 saturated carbocycles. The molecular formula is C24H33Cl2N5O4. The predicted molar refractivity (Wildman–Crippen MR) is 135 cm³/mol. The summed E-state index contributed by atoms with van der Waals surface area (Å²) < 4.78 is 5.38. The van der Waals surface area contributed by atoms with Gasteiger partial charge in [0.2, 0.25) is 0 Å². The molecule has 1 fully saturated rings. The molecule has 0 unspecified atom stereocenters. The third-order valence-electron chi connectivity index (χ3n) is 6.12. The zero-order chi connectivity index (χ0) is 25.9. The van der Waals surface area contributed by atoms with Gasteiger partial charge in [0, 0.05) is 51.0 Å². The Labute approximate surface area is 216 Å². The molecule has 2 aliphatic heterocycles. The number of piperazine rings is 1. The molecule has 0 spiro atoms. The van der Waals surface area contributed by atoms with Gasteiger partial charge in [-0.1, -0.05) is 35.3 Å². The number of nitrogens with one attached hydrogen (secondary N) is 2. The van der Waals surface area contributed by atoms with Gasteiger partial charge in [-0.2, -0.15) is 0 Å². The molecule has 2 aliphatic rings. The van der Waals surface area contributed by atoms with Crippen molar-refractivity contribution < 1.29 is 19.1 Å². The van der Waals surface area contributed by atoms with Crippen LogP contribution in [0.15, 0.2) is 29.5 Å². The number of hydrogen-bond acceptors (Lipinski definition) is 5. The molecule has 4 amide bonds. The van der Waals surface area contributed by atoms with Gasteiger partial charge in [0.15, 0.2) is 0 Å². The van der Waals surface area contributed by atoms with Gasteiger partial charge in [-0.05, 0) is 39.3 Å². The lowest BCUT2D eigenvalue weighted by molar-refractivity contribution is -0.139. The topological polar surface area (TPSA) is 94.2 Å². The number of likely N-dealkylation sites (N-methyl/N-ethyl adjacent to an activating group) is 1. The number of carbonyl (C=O) groups excluding carboxylic acids is 3. The number of carbonyl (C=O) groups is 3. The van der Waals surface area contributed by atoms with Gasteiger partial charge in [-0.3, -0.25) is 9.80 Å². The predicted octanol–water partition coefficient (Wildman–Crippen LogP) is 3.63. The van der Waals surface area contributed by atoms with E-state index in [1.807, 2.05) is 25.7 Å². The van der Waals surface area contributed by atoms with Crippen molar-refractivity contribution in [2.75, 3.05) is 39.8 Å². The smallest absolute Gasteiger partial charge is 0.338 e. The number of rotatable bonds is 6. The van der Waals surface area contributed by atoms with Gasteiger partial charge in [-0.25, -0.2) is 14.4 Å². The quantitative estimate of drug-likeness (QED) is 0.553. The van der Waals surface area contributed by atoms with Crippen LogP contribution in [0.25, 0.3) is 0 Å². The van der Waals surface area contributed by atoms with Crippen LogP contribution in [0.1, 0.15) is 39.3 Å². The van der Waals surface area contributed by atoms with Crippen molar-refractivity contribution in [1.29, 1.82) is 0 Å². The Balaban J connectivity index is 1.94. The zero-order valence-electron chi connectivity index (χ0n) is 20.7. The minimum absolute atomic E-state index is 0.0463. The van der Waals surface area contributed by atoms with Crippen molar-refractivity contribution in [2.24, 2.45) is 0 Å². The van der Waals surface area contributed by atoms with E-state index in [1.165, 1.54) is 4.90 Å². The highest BCUT2D eigenvalue weighted by molar-refractivity contribution is 6.42. The van der Waals surface area contributed by atoms with E-state index in [2.05, 4.69) is 15.5 Å². The maximum absolute atomic E-state index is 13.2. The van der Waals surface area contributed by atoms with Crippen molar-refractivity contribution in [3.8, 4) is 0 Å². The van der Waals surface area contributed by atoms with E-state index in [0.717, 1.165) is 0 Å². The molecule has 3 rings (SSSR count). The SMILES string of the molecule is CCOC(=O)C1=C(CN2CCN(C(=O)NC(C)C)[C@H](C)C2)N(C)C(=O)N[C@H]1c1cccc(Cl)c1Cl. The molecule has 11 heteroatoms. The summed E-state index contributed by atoms with van der Waals surface area (Å²) in [5, 5.41) is 6.39. The number of nitrogens with zero attached hydrogens (tertiary/aromatic N) is 3. The van der Waals surface area contributed by atoms with Crippen molar-refractivity contribution >= 4 is 41.2 Å². The van der Waals surface area contributed by atoms with Gasteiger partial charge in [0.25, 0.3) is 0 Å². The first kappa shape index (κ1) is 27.1. The summed E-state index contributed by atoms with van der Waals surface area (Å²) in [5.41, 5.74) is 1.36. The molecule has 1 saturated heterocycles. The largest absolute Gasteiger partial charge is 0.463 e. The minimum atomic E-state index is -0.811. The van der Waals surface area contributed by atoms with Gasteiger partial charge in [0.05, 0.1) is 28.3 Å². The summed E-state index contributed by atoms with van der Waals surface area (Å²) in [4.78, 5) is 44.0. The number of urea groups is 2. The number of hydrogen-bond donors (Lipinski definition) is 2. The molecule has 0 radical (unpaired) electrons. The fourth-order valence-electron chi connectivity index (χ4n) is 4.39. The third kappa shape index (κ3) is 6.02. The second-order valence-electron chi connectivity index (χ2n) is 9.05. The molecule has 0 aliphatic carbocycles. The van der Waals surface area contributed by atoms with Gasteiger partial charge < -0.3 is 20.3 Å². The number of ether oxygens (including phenoxy) is 1. The normalized spacial score (nSPS) is 21.3. The van der Waals surface area contributed by atoms with Crippen LogP contribution >= 0.6 is 23.2 Å². The van der Waals surface area contributed by atoms with Crippen LogP contribution in [0.3, 0.4) is 0 Å². The lowest BCUT2D eigenvalue weighted by Gasteiger charge is -2.42. The third-order valence-corrected chi connectivity index (χ3v) is 6.96.